The number of rotatable bonds is 6. The monoisotopic (exact) mass is 416 g/mol. The Bertz CT molecular complexity index is 683. The zero-order valence-corrected chi connectivity index (χ0v) is 19.7. The minimum Gasteiger partial charge on any atom is -0.393 e. The molecule has 3 rings (SSSR count). The predicted octanol–water partition coefficient (Wildman–Crippen LogP) is 5.70. The Balaban J connectivity index is 1.69. The first kappa shape index (κ1) is 23.8. The summed E-state index contributed by atoms with van der Waals surface area (Å²) in [5.41, 5.74) is 3.34. The number of fused-ring (bicyclic) bond motifs is 1. The zero-order valence-electron chi connectivity index (χ0n) is 19.7. The molecule has 0 amide bonds. The molecule has 3 saturated carbocycles. The van der Waals surface area contributed by atoms with Gasteiger partial charge >= 0.3 is 0 Å². The van der Waals surface area contributed by atoms with Crippen molar-refractivity contribution in [1.82, 2.24) is 0 Å². The Morgan fingerprint density at radius 2 is 1.90 bits per heavy atom. The molecule has 0 aromatic heterocycles. The largest absolute Gasteiger partial charge is 0.393 e. The van der Waals surface area contributed by atoms with E-state index >= 15 is 0 Å². The molecule has 170 valence electrons. The number of hydrogen-bond donors (Lipinski definition) is 3. The third-order valence-electron chi connectivity index (χ3n) is 8.62. The normalized spacial score (nSPS) is 37.4. The van der Waals surface area contributed by atoms with Crippen LogP contribution in [0.1, 0.15) is 91.9 Å². The number of hydrogen-bond acceptors (Lipinski definition) is 3. The van der Waals surface area contributed by atoms with Crippen molar-refractivity contribution in [1.29, 1.82) is 0 Å². The molecule has 3 heteroatoms. The highest BCUT2D eigenvalue weighted by Gasteiger charge is 2.50. The first-order valence-corrected chi connectivity index (χ1v) is 12.2. The van der Waals surface area contributed by atoms with Gasteiger partial charge in [0.2, 0.25) is 0 Å². The van der Waals surface area contributed by atoms with Gasteiger partial charge in [0.15, 0.2) is 0 Å². The SMILES string of the molecule is C=C1CCC(O)C/C1=C/C=C1\CCCC2(C)C1CCC2C(C)CCC(O)C(C)(C)O. The van der Waals surface area contributed by atoms with E-state index in [2.05, 4.69) is 32.6 Å². The third-order valence-corrected chi connectivity index (χ3v) is 8.62. The molecule has 6 unspecified atom stereocenters. The molecule has 0 radical (unpaired) electrons. The summed E-state index contributed by atoms with van der Waals surface area (Å²) < 4.78 is 0. The third kappa shape index (κ3) is 5.11. The molecule has 0 saturated heterocycles. The van der Waals surface area contributed by atoms with Crippen molar-refractivity contribution < 1.29 is 15.3 Å². The van der Waals surface area contributed by atoms with Crippen LogP contribution in [0.2, 0.25) is 0 Å². The van der Waals surface area contributed by atoms with Crippen LogP contribution in [0.5, 0.6) is 0 Å². The van der Waals surface area contributed by atoms with Gasteiger partial charge in [0, 0.05) is 0 Å². The molecule has 0 aliphatic heterocycles. The number of allylic oxidation sites excluding steroid dienone is 4. The van der Waals surface area contributed by atoms with Gasteiger partial charge in [-0.3, -0.25) is 0 Å². The molecule has 3 N–H and O–H groups in total. The lowest BCUT2D eigenvalue weighted by Crippen LogP contribution is -2.38. The van der Waals surface area contributed by atoms with Gasteiger partial charge in [-0.15, -0.1) is 0 Å². The van der Waals surface area contributed by atoms with Gasteiger partial charge in [0.1, 0.15) is 0 Å². The molecular formula is C27H44O3. The summed E-state index contributed by atoms with van der Waals surface area (Å²) >= 11 is 0. The number of aliphatic hydroxyl groups excluding tert-OH is 2. The molecule has 3 fully saturated rings. The Hall–Kier alpha value is -0.900. The minimum absolute atomic E-state index is 0.215. The van der Waals surface area contributed by atoms with E-state index in [9.17, 15) is 15.3 Å². The molecule has 0 aromatic rings. The molecular weight excluding hydrogens is 372 g/mol. The van der Waals surface area contributed by atoms with E-state index in [1.807, 2.05) is 0 Å². The second-order valence-corrected chi connectivity index (χ2v) is 11.3. The van der Waals surface area contributed by atoms with Gasteiger partial charge in [0.25, 0.3) is 0 Å². The van der Waals surface area contributed by atoms with Crippen LogP contribution in [0, 0.1) is 23.2 Å². The molecule has 0 bridgehead atoms. The molecule has 0 aromatic carbocycles. The maximum atomic E-state index is 10.3. The minimum atomic E-state index is -1.02. The smallest absolute Gasteiger partial charge is 0.0849 e. The first-order valence-electron chi connectivity index (χ1n) is 12.2. The van der Waals surface area contributed by atoms with Crippen molar-refractivity contribution in [3.63, 3.8) is 0 Å². The lowest BCUT2D eigenvalue weighted by molar-refractivity contribution is -0.0554. The van der Waals surface area contributed by atoms with E-state index in [1.54, 1.807) is 19.4 Å². The van der Waals surface area contributed by atoms with Gasteiger partial charge in [-0.2, -0.15) is 0 Å². The van der Waals surface area contributed by atoms with Crippen molar-refractivity contribution in [2.45, 2.75) is 110 Å². The predicted molar refractivity (Wildman–Crippen MR) is 124 cm³/mol. The van der Waals surface area contributed by atoms with E-state index in [-0.39, 0.29) is 6.10 Å². The lowest BCUT2D eigenvalue weighted by atomic mass is 9.60. The highest BCUT2D eigenvalue weighted by Crippen LogP contribution is 2.60. The van der Waals surface area contributed by atoms with E-state index in [0.717, 1.165) is 25.7 Å². The summed E-state index contributed by atoms with van der Waals surface area (Å²) in [5.74, 6) is 1.89. The maximum absolute atomic E-state index is 10.3. The summed E-state index contributed by atoms with van der Waals surface area (Å²) in [6, 6.07) is 0. The Labute approximate surface area is 184 Å². The van der Waals surface area contributed by atoms with E-state index < -0.39 is 11.7 Å². The second kappa shape index (κ2) is 9.30. The lowest BCUT2D eigenvalue weighted by Gasteiger charge is -2.44. The molecule has 3 nitrogen and oxygen atoms in total. The Kier molecular flexibility index (Phi) is 7.37. The fourth-order valence-corrected chi connectivity index (χ4v) is 6.58. The quantitative estimate of drug-likeness (QED) is 0.520. The average molecular weight is 417 g/mol. The van der Waals surface area contributed by atoms with Gasteiger partial charge < -0.3 is 15.3 Å². The van der Waals surface area contributed by atoms with Gasteiger partial charge in [-0.25, -0.2) is 0 Å². The zero-order chi connectivity index (χ0) is 22.1. The first-order chi connectivity index (χ1) is 14.0. The van der Waals surface area contributed by atoms with Crippen molar-refractivity contribution >= 4 is 0 Å². The van der Waals surface area contributed by atoms with Crippen LogP contribution in [0.25, 0.3) is 0 Å². The maximum Gasteiger partial charge on any atom is 0.0849 e. The summed E-state index contributed by atoms with van der Waals surface area (Å²) in [7, 11) is 0. The van der Waals surface area contributed by atoms with Crippen molar-refractivity contribution in [2.75, 3.05) is 0 Å². The highest BCUT2D eigenvalue weighted by molar-refractivity contribution is 5.36. The van der Waals surface area contributed by atoms with Crippen LogP contribution in [0.15, 0.2) is 35.5 Å². The fraction of sp³-hybridized carbons (Fsp3) is 0.778. The van der Waals surface area contributed by atoms with Crippen LogP contribution in [0.3, 0.4) is 0 Å². The summed E-state index contributed by atoms with van der Waals surface area (Å²) in [6.07, 6.45) is 14.1. The Morgan fingerprint density at radius 1 is 1.17 bits per heavy atom. The second-order valence-electron chi connectivity index (χ2n) is 11.3. The van der Waals surface area contributed by atoms with Crippen LogP contribution in [-0.4, -0.2) is 33.1 Å². The average Bonchev–Trinajstić information content (AvgIpc) is 3.03. The molecule has 0 spiro atoms. The van der Waals surface area contributed by atoms with Crippen molar-refractivity contribution in [2.24, 2.45) is 23.2 Å². The summed E-state index contributed by atoms with van der Waals surface area (Å²) in [5, 5.41) is 30.3. The van der Waals surface area contributed by atoms with Gasteiger partial charge in [0.05, 0.1) is 17.8 Å². The van der Waals surface area contributed by atoms with Crippen LogP contribution in [-0.2, 0) is 0 Å². The van der Waals surface area contributed by atoms with E-state index in [0.29, 0.717) is 29.6 Å². The van der Waals surface area contributed by atoms with Crippen molar-refractivity contribution in [3.8, 4) is 0 Å². The molecule has 3 aliphatic carbocycles. The molecule has 6 atom stereocenters. The van der Waals surface area contributed by atoms with Crippen LogP contribution >= 0.6 is 0 Å². The van der Waals surface area contributed by atoms with E-state index in [1.165, 1.54) is 43.3 Å². The highest BCUT2D eigenvalue weighted by atomic mass is 16.3. The standard InChI is InChI=1S/C27H44O3/c1-18-8-12-22(28)17-21(18)11-10-20-7-6-16-27(5)23(13-14-24(20)27)19(2)9-15-25(29)26(3,4)30/h10-11,19,22-25,28-30H,1,6-9,12-17H2,2-5H3/b20-10+,21-11-. The molecule has 0 heterocycles. The molecule has 3 aliphatic rings. The van der Waals surface area contributed by atoms with Crippen LogP contribution < -0.4 is 0 Å². The topological polar surface area (TPSA) is 60.7 Å². The fourth-order valence-electron chi connectivity index (χ4n) is 6.58. The van der Waals surface area contributed by atoms with Crippen molar-refractivity contribution in [3.05, 3.63) is 35.5 Å². The summed E-state index contributed by atoms with van der Waals surface area (Å²) in [6.45, 7) is 12.5. The van der Waals surface area contributed by atoms with Gasteiger partial charge in [-0.05, 0) is 107 Å². The van der Waals surface area contributed by atoms with E-state index in [4.69, 9.17) is 0 Å². The summed E-state index contributed by atoms with van der Waals surface area (Å²) in [4.78, 5) is 0. The molecule has 30 heavy (non-hydrogen) atoms. The number of aliphatic hydroxyl groups is 3. The Morgan fingerprint density at radius 3 is 2.60 bits per heavy atom. The van der Waals surface area contributed by atoms with Gasteiger partial charge in [-0.1, -0.05) is 43.7 Å². The van der Waals surface area contributed by atoms with Crippen LogP contribution in [0.4, 0.5) is 0 Å².